The molecule has 0 radical (unpaired) electrons. The van der Waals surface area contributed by atoms with Crippen LogP contribution < -0.4 is 4.74 Å². The van der Waals surface area contributed by atoms with Crippen LogP contribution >= 0.6 is 0 Å². The Morgan fingerprint density at radius 1 is 0.840 bits per heavy atom. The minimum Gasteiger partial charge on any atom is -0.508 e. The zero-order chi connectivity index (χ0) is 18.2. The van der Waals surface area contributed by atoms with Crippen molar-refractivity contribution < 1.29 is 27.8 Å². The van der Waals surface area contributed by atoms with E-state index in [1.165, 1.54) is 54.6 Å². The van der Waals surface area contributed by atoms with Gasteiger partial charge < -0.3 is 9.84 Å². The van der Waals surface area contributed by atoms with Gasteiger partial charge in [-0.15, -0.1) is 0 Å². The van der Waals surface area contributed by atoms with E-state index in [0.717, 1.165) is 5.56 Å². The van der Waals surface area contributed by atoms with E-state index in [1.807, 2.05) is 0 Å². The molecule has 3 nitrogen and oxygen atoms in total. The quantitative estimate of drug-likeness (QED) is 0.584. The minimum absolute atomic E-state index is 0.0824. The van der Waals surface area contributed by atoms with Crippen LogP contribution in [0, 0.1) is 0 Å². The minimum atomic E-state index is -2.53. The molecule has 0 saturated heterocycles. The molecule has 0 fully saturated rings. The van der Waals surface area contributed by atoms with Crippen molar-refractivity contribution in [1.82, 2.24) is 0 Å². The van der Waals surface area contributed by atoms with Crippen LogP contribution in [0.4, 0.5) is 13.2 Å². The van der Waals surface area contributed by atoms with Gasteiger partial charge in [-0.1, -0.05) is 36.4 Å². The molecule has 128 valence electrons. The summed E-state index contributed by atoms with van der Waals surface area (Å²) in [6.07, 6.45) is 3.28. The summed E-state index contributed by atoms with van der Waals surface area (Å²) in [5.41, 5.74) is 1.38. The second-order valence-electron chi connectivity index (χ2n) is 4.87. The second kappa shape index (κ2) is 8.54. The Bertz CT molecular complexity index is 816. The highest BCUT2D eigenvalue weighted by molar-refractivity contribution is 6.04. The van der Waals surface area contributed by atoms with Crippen molar-refractivity contribution in [3.05, 3.63) is 83.9 Å². The number of halogens is 3. The molecule has 25 heavy (non-hydrogen) atoms. The fraction of sp³-hybridized carbons (Fsp3) is 0. The summed E-state index contributed by atoms with van der Waals surface area (Å²) >= 11 is 0. The van der Waals surface area contributed by atoms with Gasteiger partial charge in [0.05, 0.1) is 0 Å². The van der Waals surface area contributed by atoms with Crippen LogP contribution in [0.1, 0.15) is 11.1 Å². The van der Waals surface area contributed by atoms with E-state index in [9.17, 15) is 18.0 Å². The van der Waals surface area contributed by atoms with Gasteiger partial charge in [0.2, 0.25) is 0 Å². The summed E-state index contributed by atoms with van der Waals surface area (Å²) in [4.78, 5) is 11.8. The number of phenolic OH excluding ortho intramolecular Hbond substituents is 1. The van der Waals surface area contributed by atoms with Crippen LogP contribution in [0.25, 0.3) is 12.2 Å². The van der Waals surface area contributed by atoms with Gasteiger partial charge in [0.15, 0.2) is 5.78 Å². The van der Waals surface area contributed by atoms with Crippen LogP contribution in [-0.4, -0.2) is 10.9 Å². The first-order valence-electron chi connectivity index (χ1n) is 7.12. The summed E-state index contributed by atoms with van der Waals surface area (Å²) < 4.78 is 40.8. The zero-order valence-corrected chi connectivity index (χ0v) is 12.8. The van der Waals surface area contributed by atoms with E-state index in [4.69, 9.17) is 5.11 Å². The van der Waals surface area contributed by atoms with Crippen LogP contribution in [0.3, 0.4) is 0 Å². The van der Waals surface area contributed by atoms with Crippen molar-refractivity contribution in [2.75, 3.05) is 0 Å². The molecular formula is C19H13F3O3. The molecule has 0 spiro atoms. The summed E-state index contributed by atoms with van der Waals surface area (Å²) in [6, 6.07) is 9.99. The van der Waals surface area contributed by atoms with Gasteiger partial charge in [0.25, 0.3) is 0 Å². The van der Waals surface area contributed by atoms with Gasteiger partial charge in [0.1, 0.15) is 11.5 Å². The number of phenols is 1. The number of carbonyl (C=O) groups excluding carboxylic acids is 1. The third-order valence-corrected chi connectivity index (χ3v) is 3.01. The molecule has 2 aromatic rings. The SMILES string of the molecule is O=C(C=Cc1ccc(O)cc1)C=Cc1ccc(OC(F)=C(F)F)cc1. The smallest absolute Gasteiger partial charge is 0.344 e. The van der Waals surface area contributed by atoms with E-state index in [2.05, 4.69) is 4.74 Å². The number of hydrogen-bond acceptors (Lipinski definition) is 3. The Balaban J connectivity index is 1.95. The zero-order valence-electron chi connectivity index (χ0n) is 12.8. The van der Waals surface area contributed by atoms with Crippen molar-refractivity contribution in [2.24, 2.45) is 0 Å². The highest BCUT2D eigenvalue weighted by Crippen LogP contribution is 2.19. The fourth-order valence-electron chi connectivity index (χ4n) is 1.79. The molecular weight excluding hydrogens is 333 g/mol. The van der Waals surface area contributed by atoms with Gasteiger partial charge in [0, 0.05) is 0 Å². The third kappa shape index (κ3) is 6.02. The van der Waals surface area contributed by atoms with E-state index < -0.39 is 12.1 Å². The number of aromatic hydroxyl groups is 1. The number of allylic oxidation sites excluding steroid dienone is 2. The molecule has 6 heteroatoms. The first-order chi connectivity index (χ1) is 11.9. The van der Waals surface area contributed by atoms with Crippen LogP contribution in [0.2, 0.25) is 0 Å². The Morgan fingerprint density at radius 2 is 1.32 bits per heavy atom. The molecule has 0 atom stereocenters. The monoisotopic (exact) mass is 346 g/mol. The molecule has 0 aliphatic heterocycles. The number of carbonyl (C=O) groups is 1. The molecule has 0 saturated carbocycles. The maximum atomic E-state index is 12.6. The van der Waals surface area contributed by atoms with Gasteiger partial charge in [-0.3, -0.25) is 4.79 Å². The lowest BCUT2D eigenvalue weighted by Gasteiger charge is -2.01. The molecule has 0 amide bonds. The van der Waals surface area contributed by atoms with Crippen LogP contribution in [-0.2, 0) is 4.79 Å². The number of ether oxygens (including phenoxy) is 1. The normalized spacial score (nSPS) is 11.0. The molecule has 0 aliphatic rings. The van der Waals surface area contributed by atoms with E-state index in [-0.39, 0.29) is 17.3 Å². The first kappa shape index (κ1) is 18.1. The number of rotatable bonds is 6. The highest BCUT2D eigenvalue weighted by Gasteiger charge is 2.07. The Hall–Kier alpha value is -3.28. The summed E-state index contributed by atoms with van der Waals surface area (Å²) in [7, 11) is 0. The lowest BCUT2D eigenvalue weighted by atomic mass is 10.1. The average Bonchev–Trinajstić information content (AvgIpc) is 2.60. The molecule has 0 heterocycles. The van der Waals surface area contributed by atoms with Crippen molar-refractivity contribution in [3.8, 4) is 11.5 Å². The summed E-state index contributed by atoms with van der Waals surface area (Å²) in [5, 5.41) is 9.17. The predicted octanol–water partition coefficient (Wildman–Crippen LogP) is 5.10. The molecule has 0 aliphatic carbocycles. The van der Waals surface area contributed by atoms with E-state index in [0.29, 0.717) is 5.56 Å². The fourth-order valence-corrected chi connectivity index (χ4v) is 1.79. The van der Waals surface area contributed by atoms with Crippen molar-refractivity contribution in [3.63, 3.8) is 0 Å². The topological polar surface area (TPSA) is 46.5 Å². The third-order valence-electron chi connectivity index (χ3n) is 3.01. The Labute approximate surface area is 142 Å². The molecule has 1 N–H and O–H groups in total. The lowest BCUT2D eigenvalue weighted by Crippen LogP contribution is -1.90. The van der Waals surface area contributed by atoms with Gasteiger partial charge in [-0.2, -0.15) is 13.2 Å². The predicted molar refractivity (Wildman–Crippen MR) is 88.6 cm³/mol. The second-order valence-corrected chi connectivity index (χ2v) is 4.87. The maximum absolute atomic E-state index is 12.6. The molecule has 0 bridgehead atoms. The van der Waals surface area contributed by atoms with E-state index in [1.54, 1.807) is 18.2 Å². The maximum Gasteiger partial charge on any atom is 0.344 e. The number of hydrogen-bond donors (Lipinski definition) is 1. The van der Waals surface area contributed by atoms with Crippen molar-refractivity contribution in [1.29, 1.82) is 0 Å². The van der Waals surface area contributed by atoms with Crippen molar-refractivity contribution >= 4 is 17.9 Å². The van der Waals surface area contributed by atoms with Gasteiger partial charge in [-0.25, -0.2) is 0 Å². The standard InChI is InChI=1S/C19H13F3O3/c20-18(21)19(22)25-17-11-5-14(6-12-17)4-10-16(24)9-3-13-1-7-15(23)8-2-13/h1-12,23H. The largest absolute Gasteiger partial charge is 0.508 e. The molecule has 0 unspecified atom stereocenters. The highest BCUT2D eigenvalue weighted by atomic mass is 19.3. The van der Waals surface area contributed by atoms with Crippen LogP contribution in [0.15, 0.2) is 72.8 Å². The van der Waals surface area contributed by atoms with Crippen molar-refractivity contribution in [2.45, 2.75) is 0 Å². The summed E-state index contributed by atoms with van der Waals surface area (Å²) in [6.45, 7) is 0. The average molecular weight is 346 g/mol. The number of ketones is 1. The van der Waals surface area contributed by atoms with Crippen LogP contribution in [0.5, 0.6) is 11.5 Å². The van der Waals surface area contributed by atoms with Gasteiger partial charge in [-0.05, 0) is 47.5 Å². The lowest BCUT2D eigenvalue weighted by molar-refractivity contribution is -0.110. The Kier molecular flexibility index (Phi) is 6.17. The van der Waals surface area contributed by atoms with E-state index >= 15 is 0 Å². The Morgan fingerprint density at radius 3 is 1.80 bits per heavy atom. The van der Waals surface area contributed by atoms with Gasteiger partial charge >= 0.3 is 12.1 Å². The molecule has 2 aromatic carbocycles. The molecule has 0 aromatic heterocycles. The number of benzene rings is 2. The first-order valence-corrected chi connectivity index (χ1v) is 7.12. The molecule has 2 rings (SSSR count). The summed E-state index contributed by atoms with van der Waals surface area (Å²) in [5.74, 6) is -0.205.